The molecule has 7 heteroatoms. The molecule has 26 heavy (non-hydrogen) atoms. The van der Waals surface area contributed by atoms with Crippen LogP contribution < -0.4 is 25.8 Å². The minimum absolute atomic E-state index is 0.140. The van der Waals surface area contributed by atoms with Crippen LogP contribution >= 0.6 is 0 Å². The first-order valence-electron chi connectivity index (χ1n) is 8.27. The summed E-state index contributed by atoms with van der Waals surface area (Å²) >= 11 is 0. The van der Waals surface area contributed by atoms with Gasteiger partial charge in [0.1, 0.15) is 11.5 Å². The summed E-state index contributed by atoms with van der Waals surface area (Å²) in [5.74, 6) is 0.705. The van der Waals surface area contributed by atoms with Crippen molar-refractivity contribution in [3.8, 4) is 11.5 Å². The van der Waals surface area contributed by atoms with Crippen molar-refractivity contribution in [1.29, 1.82) is 0 Å². The Hall–Kier alpha value is -3.06. The summed E-state index contributed by atoms with van der Waals surface area (Å²) in [6, 6.07) is 13.6. The smallest absolute Gasteiger partial charge is 0.262 e. The van der Waals surface area contributed by atoms with E-state index < -0.39 is 0 Å². The lowest BCUT2D eigenvalue weighted by Gasteiger charge is -2.09. The molecule has 0 aromatic heterocycles. The molecular weight excluding hydrogens is 334 g/mol. The Bertz CT molecular complexity index is 732. The summed E-state index contributed by atoms with van der Waals surface area (Å²) in [6.45, 7) is 0.933. The molecule has 0 aliphatic carbocycles. The highest BCUT2D eigenvalue weighted by Gasteiger charge is 2.07. The number of carbonyl (C=O) groups is 2. The Morgan fingerprint density at radius 2 is 1.85 bits per heavy atom. The third-order valence-corrected chi connectivity index (χ3v) is 3.51. The van der Waals surface area contributed by atoms with Gasteiger partial charge in [-0.05, 0) is 49.4 Å². The molecule has 0 aliphatic rings. The summed E-state index contributed by atoms with van der Waals surface area (Å²) < 4.78 is 10.5. The van der Waals surface area contributed by atoms with E-state index in [1.54, 1.807) is 55.6 Å². The fraction of sp³-hybridized carbons (Fsp3) is 0.263. The average molecular weight is 357 g/mol. The van der Waals surface area contributed by atoms with E-state index in [4.69, 9.17) is 15.2 Å². The first kappa shape index (κ1) is 19.3. The molecule has 4 N–H and O–H groups in total. The number of ether oxygens (including phenoxy) is 2. The van der Waals surface area contributed by atoms with Crippen LogP contribution in [0.15, 0.2) is 48.5 Å². The molecule has 2 rings (SSSR count). The number of hydrogen-bond acceptors (Lipinski definition) is 5. The first-order valence-corrected chi connectivity index (χ1v) is 8.27. The Morgan fingerprint density at radius 3 is 2.54 bits per heavy atom. The number of hydrogen-bond donors (Lipinski definition) is 3. The first-order chi connectivity index (χ1) is 12.6. The van der Waals surface area contributed by atoms with Crippen LogP contribution in [0.25, 0.3) is 0 Å². The number of anilines is 1. The van der Waals surface area contributed by atoms with Gasteiger partial charge in [0, 0.05) is 23.9 Å². The van der Waals surface area contributed by atoms with Crippen molar-refractivity contribution >= 4 is 17.5 Å². The van der Waals surface area contributed by atoms with E-state index in [-0.39, 0.29) is 18.4 Å². The maximum atomic E-state index is 12.0. The van der Waals surface area contributed by atoms with Crippen LogP contribution in [0, 0.1) is 0 Å². The predicted octanol–water partition coefficient (Wildman–Crippen LogP) is 1.79. The maximum absolute atomic E-state index is 12.0. The monoisotopic (exact) mass is 357 g/mol. The lowest BCUT2D eigenvalue weighted by molar-refractivity contribution is -0.118. The van der Waals surface area contributed by atoms with Crippen LogP contribution in [0.1, 0.15) is 16.8 Å². The third kappa shape index (κ3) is 6.10. The number of rotatable bonds is 9. The van der Waals surface area contributed by atoms with Gasteiger partial charge in [-0.3, -0.25) is 9.59 Å². The number of nitrogens with two attached hydrogens (primary N) is 1. The normalized spacial score (nSPS) is 10.1. The second-order valence-corrected chi connectivity index (χ2v) is 5.49. The van der Waals surface area contributed by atoms with E-state index >= 15 is 0 Å². The lowest BCUT2D eigenvalue weighted by atomic mass is 10.2. The lowest BCUT2D eigenvalue weighted by Crippen LogP contribution is -2.25. The molecule has 0 heterocycles. The minimum Gasteiger partial charge on any atom is -0.497 e. The second kappa shape index (κ2) is 10.0. The zero-order chi connectivity index (χ0) is 18.8. The molecule has 138 valence electrons. The van der Waals surface area contributed by atoms with E-state index in [0.717, 1.165) is 6.42 Å². The third-order valence-electron chi connectivity index (χ3n) is 3.51. The van der Waals surface area contributed by atoms with Gasteiger partial charge in [0.05, 0.1) is 7.11 Å². The molecule has 7 nitrogen and oxygen atoms in total. The molecule has 0 atom stereocenters. The second-order valence-electron chi connectivity index (χ2n) is 5.49. The van der Waals surface area contributed by atoms with Crippen LogP contribution in [-0.4, -0.2) is 38.6 Å². The van der Waals surface area contributed by atoms with Gasteiger partial charge in [0.15, 0.2) is 6.61 Å². The molecule has 0 aliphatic heterocycles. The molecule has 0 fully saturated rings. The Balaban J connectivity index is 1.81. The van der Waals surface area contributed by atoms with Crippen molar-refractivity contribution in [2.75, 3.05) is 32.1 Å². The van der Waals surface area contributed by atoms with Crippen molar-refractivity contribution in [2.45, 2.75) is 6.42 Å². The average Bonchev–Trinajstić information content (AvgIpc) is 2.67. The Kier molecular flexibility index (Phi) is 7.45. The van der Waals surface area contributed by atoms with Gasteiger partial charge in [0.2, 0.25) is 0 Å². The van der Waals surface area contributed by atoms with Crippen molar-refractivity contribution in [1.82, 2.24) is 5.32 Å². The Morgan fingerprint density at radius 1 is 1.08 bits per heavy atom. The van der Waals surface area contributed by atoms with Crippen molar-refractivity contribution in [2.24, 2.45) is 5.73 Å². The summed E-state index contributed by atoms with van der Waals surface area (Å²) in [6.07, 6.45) is 0.731. The van der Waals surface area contributed by atoms with Gasteiger partial charge in [-0.25, -0.2) is 0 Å². The molecule has 2 aromatic rings. The summed E-state index contributed by atoms with van der Waals surface area (Å²) in [7, 11) is 1.56. The van der Waals surface area contributed by atoms with E-state index in [2.05, 4.69) is 10.6 Å². The molecule has 0 saturated heterocycles. The van der Waals surface area contributed by atoms with Gasteiger partial charge >= 0.3 is 0 Å². The molecule has 0 unspecified atom stereocenters. The van der Waals surface area contributed by atoms with Crippen molar-refractivity contribution in [3.05, 3.63) is 54.1 Å². The van der Waals surface area contributed by atoms with E-state index in [9.17, 15) is 9.59 Å². The van der Waals surface area contributed by atoms with Crippen LogP contribution in [0.4, 0.5) is 5.69 Å². The highest BCUT2D eigenvalue weighted by molar-refractivity contribution is 5.94. The van der Waals surface area contributed by atoms with Gasteiger partial charge in [-0.2, -0.15) is 0 Å². The van der Waals surface area contributed by atoms with Crippen LogP contribution in [0.2, 0.25) is 0 Å². The molecule has 0 saturated carbocycles. The minimum atomic E-state index is -0.290. The van der Waals surface area contributed by atoms with Crippen molar-refractivity contribution in [3.63, 3.8) is 0 Å². The van der Waals surface area contributed by atoms with Gasteiger partial charge in [-0.15, -0.1) is 0 Å². The van der Waals surface area contributed by atoms with E-state index in [1.165, 1.54) is 0 Å². The quantitative estimate of drug-likeness (QED) is 0.594. The van der Waals surface area contributed by atoms with Gasteiger partial charge in [0.25, 0.3) is 11.8 Å². The number of amides is 2. The van der Waals surface area contributed by atoms with Crippen LogP contribution in [0.5, 0.6) is 11.5 Å². The zero-order valence-electron chi connectivity index (χ0n) is 14.7. The molecule has 0 bridgehead atoms. The van der Waals surface area contributed by atoms with Crippen LogP contribution in [0.3, 0.4) is 0 Å². The van der Waals surface area contributed by atoms with Gasteiger partial charge < -0.3 is 25.8 Å². The molecule has 0 radical (unpaired) electrons. The number of methoxy groups -OCH3 is 1. The van der Waals surface area contributed by atoms with Crippen LogP contribution in [-0.2, 0) is 4.79 Å². The largest absolute Gasteiger partial charge is 0.497 e. The molecular formula is C19H23N3O4. The fourth-order valence-corrected chi connectivity index (χ4v) is 2.16. The highest BCUT2D eigenvalue weighted by atomic mass is 16.5. The fourth-order valence-electron chi connectivity index (χ4n) is 2.16. The van der Waals surface area contributed by atoms with Gasteiger partial charge in [-0.1, -0.05) is 6.07 Å². The van der Waals surface area contributed by atoms with Crippen molar-refractivity contribution < 1.29 is 19.1 Å². The molecule has 2 aromatic carbocycles. The number of benzene rings is 2. The van der Waals surface area contributed by atoms with E-state index in [0.29, 0.717) is 35.8 Å². The number of nitrogens with one attached hydrogen (secondary N) is 2. The highest BCUT2D eigenvalue weighted by Crippen LogP contribution is 2.17. The molecule has 0 spiro atoms. The summed E-state index contributed by atoms with van der Waals surface area (Å²) in [5.41, 5.74) is 6.54. The maximum Gasteiger partial charge on any atom is 0.262 e. The SMILES string of the molecule is COc1cccc(NC(=O)COc2ccc(C(=O)NCCCN)cc2)c1. The Labute approximate surface area is 152 Å². The summed E-state index contributed by atoms with van der Waals surface area (Å²) in [5, 5.41) is 5.50. The predicted molar refractivity (Wildman–Crippen MR) is 99.6 cm³/mol. The van der Waals surface area contributed by atoms with E-state index in [1.807, 2.05) is 0 Å². The topological polar surface area (TPSA) is 103 Å². The standard InChI is InChI=1S/C19H23N3O4/c1-25-17-5-2-4-15(12-17)22-18(23)13-26-16-8-6-14(7-9-16)19(24)21-11-3-10-20/h2,4-9,12H,3,10-11,13,20H2,1H3,(H,21,24)(H,22,23). The summed E-state index contributed by atoms with van der Waals surface area (Å²) in [4.78, 5) is 23.8. The molecule has 2 amide bonds. The number of carbonyl (C=O) groups excluding carboxylic acids is 2. The zero-order valence-corrected chi connectivity index (χ0v) is 14.7.